The van der Waals surface area contributed by atoms with Crippen molar-refractivity contribution in [2.75, 3.05) is 6.61 Å². The third-order valence-corrected chi connectivity index (χ3v) is 3.14. The van der Waals surface area contributed by atoms with E-state index in [4.69, 9.17) is 5.11 Å². The van der Waals surface area contributed by atoms with Crippen LogP contribution in [0.1, 0.15) is 5.69 Å². The first-order valence-electron chi connectivity index (χ1n) is 4.14. The lowest BCUT2D eigenvalue weighted by Gasteiger charge is -1.97. The lowest BCUT2D eigenvalue weighted by Crippen LogP contribution is -1.89. The highest BCUT2D eigenvalue weighted by Gasteiger charge is 2.04. The highest BCUT2D eigenvalue weighted by atomic mass is 127. The fourth-order valence-electron chi connectivity index (χ4n) is 1.30. The van der Waals surface area contributed by atoms with Gasteiger partial charge < -0.3 is 5.11 Å². The molecule has 0 aliphatic rings. The minimum absolute atomic E-state index is 0.137. The van der Waals surface area contributed by atoms with Gasteiger partial charge in [-0.25, -0.2) is 4.98 Å². The first-order valence-corrected chi connectivity index (χ1v) is 6.02. The number of halogens is 2. The van der Waals surface area contributed by atoms with Crippen LogP contribution in [0, 0.1) is 3.57 Å². The molecule has 3 nitrogen and oxygen atoms in total. The first kappa shape index (κ1) is 10.4. The molecule has 0 radical (unpaired) electrons. The van der Waals surface area contributed by atoms with Crippen LogP contribution in [0.5, 0.6) is 0 Å². The van der Waals surface area contributed by atoms with E-state index < -0.39 is 0 Å². The Hall–Kier alpha value is -0.140. The van der Waals surface area contributed by atoms with Gasteiger partial charge in [-0.05, 0) is 50.7 Å². The van der Waals surface area contributed by atoms with Gasteiger partial charge in [-0.1, -0.05) is 0 Å². The number of fused-ring (bicyclic) bond motifs is 1. The van der Waals surface area contributed by atoms with E-state index in [-0.39, 0.29) is 6.61 Å². The number of aromatic nitrogens is 2. The molecular weight excluding hydrogens is 359 g/mol. The van der Waals surface area contributed by atoms with Gasteiger partial charge in [0.15, 0.2) is 0 Å². The van der Waals surface area contributed by atoms with Crippen LogP contribution < -0.4 is 0 Å². The van der Waals surface area contributed by atoms with E-state index >= 15 is 0 Å². The number of nitrogens with zero attached hydrogens (tertiary/aromatic N) is 2. The molecule has 0 bridgehead atoms. The molecule has 0 atom stereocenters. The average molecular weight is 367 g/mol. The highest BCUT2D eigenvalue weighted by Crippen LogP contribution is 2.18. The average Bonchev–Trinajstić information content (AvgIpc) is 2.48. The third kappa shape index (κ3) is 1.94. The quantitative estimate of drug-likeness (QED) is 0.653. The van der Waals surface area contributed by atoms with Gasteiger partial charge in [0.1, 0.15) is 5.65 Å². The molecule has 0 aliphatic carbocycles. The van der Waals surface area contributed by atoms with Crippen molar-refractivity contribution >= 4 is 44.2 Å². The summed E-state index contributed by atoms with van der Waals surface area (Å²) >= 11 is 5.72. The summed E-state index contributed by atoms with van der Waals surface area (Å²) < 4.78 is 4.09. The predicted octanol–water partition coefficient (Wildman–Crippen LogP) is 2.24. The molecule has 1 N–H and O–H groups in total. The number of pyridine rings is 1. The summed E-state index contributed by atoms with van der Waals surface area (Å²) in [6.45, 7) is 0.137. The summed E-state index contributed by atoms with van der Waals surface area (Å²) in [5, 5.41) is 8.81. The van der Waals surface area contributed by atoms with Gasteiger partial charge in [-0.15, -0.1) is 0 Å². The summed E-state index contributed by atoms with van der Waals surface area (Å²) in [5.74, 6) is 0. The maximum Gasteiger partial charge on any atom is 0.138 e. The third-order valence-electron chi connectivity index (χ3n) is 1.91. The van der Waals surface area contributed by atoms with Gasteiger partial charge in [-0.2, -0.15) is 0 Å². The molecule has 74 valence electrons. The molecular formula is C9H8BrIN2O. The maximum absolute atomic E-state index is 8.81. The Balaban J connectivity index is 2.58. The zero-order valence-corrected chi connectivity index (χ0v) is 11.0. The maximum atomic E-state index is 8.81. The zero-order valence-electron chi connectivity index (χ0n) is 7.24. The summed E-state index contributed by atoms with van der Waals surface area (Å²) in [4.78, 5) is 4.39. The van der Waals surface area contributed by atoms with E-state index in [0.717, 1.165) is 19.5 Å². The molecule has 0 aliphatic heterocycles. The van der Waals surface area contributed by atoms with E-state index in [9.17, 15) is 0 Å². The minimum Gasteiger partial charge on any atom is -0.396 e. The van der Waals surface area contributed by atoms with Crippen molar-refractivity contribution in [2.45, 2.75) is 6.42 Å². The van der Waals surface area contributed by atoms with E-state index in [0.29, 0.717) is 6.42 Å². The van der Waals surface area contributed by atoms with Crippen molar-refractivity contribution in [1.82, 2.24) is 9.38 Å². The Morgan fingerprint density at radius 3 is 3.00 bits per heavy atom. The number of aliphatic hydroxyl groups is 1. The predicted molar refractivity (Wildman–Crippen MR) is 66.4 cm³/mol. The van der Waals surface area contributed by atoms with E-state index in [2.05, 4.69) is 43.5 Å². The van der Waals surface area contributed by atoms with Crippen LogP contribution in [0.3, 0.4) is 0 Å². The molecule has 0 spiro atoms. The molecule has 0 aromatic carbocycles. The van der Waals surface area contributed by atoms with Gasteiger partial charge in [0, 0.05) is 22.8 Å². The molecule has 0 fully saturated rings. The Kier molecular flexibility index (Phi) is 3.08. The van der Waals surface area contributed by atoms with Crippen LogP contribution in [-0.4, -0.2) is 21.1 Å². The van der Waals surface area contributed by atoms with Crippen molar-refractivity contribution in [3.8, 4) is 0 Å². The molecule has 0 amide bonds. The SMILES string of the molecule is OCCc1cn2c(Br)cc(I)cc2n1. The zero-order chi connectivity index (χ0) is 10.1. The highest BCUT2D eigenvalue weighted by molar-refractivity contribution is 14.1. The number of aliphatic hydroxyl groups excluding tert-OH is 1. The minimum atomic E-state index is 0.137. The number of hydrogen-bond donors (Lipinski definition) is 1. The Bertz CT molecular complexity index is 469. The Morgan fingerprint density at radius 2 is 2.29 bits per heavy atom. The number of rotatable bonds is 2. The van der Waals surface area contributed by atoms with Crippen LogP contribution in [0.2, 0.25) is 0 Å². The number of imidazole rings is 1. The molecule has 5 heteroatoms. The lowest BCUT2D eigenvalue weighted by molar-refractivity contribution is 0.298. The van der Waals surface area contributed by atoms with Gasteiger partial charge in [0.2, 0.25) is 0 Å². The molecule has 2 aromatic heterocycles. The van der Waals surface area contributed by atoms with Gasteiger partial charge >= 0.3 is 0 Å². The molecule has 14 heavy (non-hydrogen) atoms. The fourth-order valence-corrected chi connectivity index (χ4v) is 2.83. The number of hydrogen-bond acceptors (Lipinski definition) is 2. The molecule has 2 rings (SSSR count). The molecule has 2 heterocycles. The van der Waals surface area contributed by atoms with E-state index in [1.807, 2.05) is 22.7 Å². The fraction of sp³-hybridized carbons (Fsp3) is 0.222. The molecule has 0 unspecified atom stereocenters. The first-order chi connectivity index (χ1) is 6.70. The van der Waals surface area contributed by atoms with E-state index in [1.165, 1.54) is 0 Å². The second-order valence-electron chi connectivity index (χ2n) is 2.93. The normalized spacial score (nSPS) is 11.1. The van der Waals surface area contributed by atoms with Crippen LogP contribution in [0.25, 0.3) is 5.65 Å². The second-order valence-corrected chi connectivity index (χ2v) is 4.99. The van der Waals surface area contributed by atoms with Crippen molar-refractivity contribution in [1.29, 1.82) is 0 Å². The van der Waals surface area contributed by atoms with Crippen molar-refractivity contribution in [3.63, 3.8) is 0 Å². The second kappa shape index (κ2) is 4.16. The van der Waals surface area contributed by atoms with Gasteiger partial charge in [0.25, 0.3) is 0 Å². The van der Waals surface area contributed by atoms with Crippen LogP contribution in [-0.2, 0) is 6.42 Å². The molecule has 0 saturated carbocycles. The molecule has 0 saturated heterocycles. The van der Waals surface area contributed by atoms with Crippen molar-refractivity contribution in [2.24, 2.45) is 0 Å². The lowest BCUT2D eigenvalue weighted by atomic mass is 10.4. The van der Waals surface area contributed by atoms with Crippen LogP contribution in [0.15, 0.2) is 22.9 Å². The summed E-state index contributed by atoms with van der Waals surface area (Å²) in [5.41, 5.74) is 1.82. The topological polar surface area (TPSA) is 37.5 Å². The standard InChI is InChI=1S/C9H8BrIN2O/c10-8-3-6(11)4-9-12-7(1-2-14)5-13(8)9/h3-5,14H,1-2H2. The summed E-state index contributed by atoms with van der Waals surface area (Å²) in [7, 11) is 0. The summed E-state index contributed by atoms with van der Waals surface area (Å²) in [6.07, 6.45) is 2.54. The largest absolute Gasteiger partial charge is 0.396 e. The van der Waals surface area contributed by atoms with Crippen molar-refractivity contribution < 1.29 is 5.11 Å². The van der Waals surface area contributed by atoms with Gasteiger partial charge in [-0.3, -0.25) is 4.40 Å². The monoisotopic (exact) mass is 366 g/mol. The molecule has 2 aromatic rings. The Morgan fingerprint density at radius 1 is 1.50 bits per heavy atom. The smallest absolute Gasteiger partial charge is 0.138 e. The Labute approximate surface area is 103 Å². The van der Waals surface area contributed by atoms with E-state index in [1.54, 1.807) is 0 Å². The van der Waals surface area contributed by atoms with Crippen molar-refractivity contribution in [3.05, 3.63) is 32.2 Å². The summed E-state index contributed by atoms with van der Waals surface area (Å²) in [6, 6.07) is 4.03. The van der Waals surface area contributed by atoms with Crippen LogP contribution >= 0.6 is 38.5 Å². The van der Waals surface area contributed by atoms with Crippen LogP contribution in [0.4, 0.5) is 0 Å². The van der Waals surface area contributed by atoms with Gasteiger partial charge in [0.05, 0.1) is 10.3 Å².